The molecule has 12 heteroatoms. The first-order valence-corrected chi connectivity index (χ1v) is 14.4. The topological polar surface area (TPSA) is 78.5 Å². The molecule has 2 aromatic rings. The minimum atomic E-state index is -4.68. The lowest BCUT2D eigenvalue weighted by Crippen LogP contribution is -2.39. The molecule has 0 spiro atoms. The summed E-state index contributed by atoms with van der Waals surface area (Å²) in [5, 5.41) is 2.95. The van der Waals surface area contributed by atoms with Crippen molar-refractivity contribution in [2.24, 2.45) is 0 Å². The normalized spacial score (nSPS) is 20.7. The zero-order valence-electron chi connectivity index (χ0n) is 21.5. The Bertz CT molecular complexity index is 1290. The first-order chi connectivity index (χ1) is 18.2. The zero-order chi connectivity index (χ0) is 28.4. The van der Waals surface area contributed by atoms with Gasteiger partial charge in [-0.15, -0.1) is 0 Å². The van der Waals surface area contributed by atoms with E-state index >= 15 is 0 Å². The van der Waals surface area contributed by atoms with E-state index in [9.17, 15) is 35.2 Å². The number of amides is 1. The van der Waals surface area contributed by atoms with E-state index in [2.05, 4.69) is 16.1 Å². The van der Waals surface area contributed by atoms with Crippen LogP contribution in [0.4, 0.5) is 22.0 Å². The minimum absolute atomic E-state index is 0.138. The van der Waals surface area contributed by atoms with E-state index in [4.69, 9.17) is 0 Å². The second kappa shape index (κ2) is 11.5. The van der Waals surface area contributed by atoms with Gasteiger partial charge in [-0.05, 0) is 61.1 Å². The fourth-order valence-electron chi connectivity index (χ4n) is 5.16. The standard InChI is InChI=1S/C27H32F5N3O3S/c1-18(34-39(37,38)22-6-3-5-21(16-22)27(30,31)32)14-25(36)33-24-7-2-4-20-15-19(8-9-23(20)24)17-35-12-10-26(28,29)11-13-35/h3,5-6,8-9,15-16,18,24,34H,2,4,7,10-14,17H2,1H3,(H,33,36)/t18-,24+/m0/s1. The Kier molecular flexibility index (Phi) is 8.67. The van der Waals surface area contributed by atoms with E-state index in [0.717, 1.165) is 47.7 Å². The van der Waals surface area contributed by atoms with Crippen molar-refractivity contribution in [3.05, 3.63) is 64.7 Å². The quantitative estimate of drug-likeness (QED) is 0.427. The van der Waals surface area contributed by atoms with Crippen molar-refractivity contribution < 1.29 is 35.2 Å². The van der Waals surface area contributed by atoms with Crippen molar-refractivity contribution in [2.75, 3.05) is 13.1 Å². The highest BCUT2D eigenvalue weighted by molar-refractivity contribution is 7.89. The van der Waals surface area contributed by atoms with E-state index in [1.165, 1.54) is 6.92 Å². The Balaban J connectivity index is 1.34. The molecular formula is C27H32F5N3O3S. The van der Waals surface area contributed by atoms with Crippen LogP contribution in [0.3, 0.4) is 0 Å². The van der Waals surface area contributed by atoms with Crippen LogP contribution in [0.5, 0.6) is 0 Å². The molecule has 214 valence electrons. The Hall–Kier alpha value is -2.57. The number of piperidine rings is 1. The molecule has 1 aliphatic carbocycles. The van der Waals surface area contributed by atoms with Gasteiger partial charge in [0.05, 0.1) is 16.5 Å². The summed E-state index contributed by atoms with van der Waals surface area (Å²) in [5.74, 6) is -2.97. The van der Waals surface area contributed by atoms with Gasteiger partial charge in [-0.25, -0.2) is 21.9 Å². The number of hydrogen-bond donors (Lipinski definition) is 2. The number of rotatable bonds is 8. The van der Waals surface area contributed by atoms with Crippen LogP contribution in [-0.4, -0.2) is 44.3 Å². The average molecular weight is 574 g/mol. The van der Waals surface area contributed by atoms with Gasteiger partial charge >= 0.3 is 6.18 Å². The highest BCUT2D eigenvalue weighted by Crippen LogP contribution is 2.33. The molecule has 0 bridgehead atoms. The lowest BCUT2D eigenvalue weighted by Gasteiger charge is -2.32. The van der Waals surface area contributed by atoms with Gasteiger partial charge in [-0.3, -0.25) is 9.69 Å². The van der Waals surface area contributed by atoms with Gasteiger partial charge < -0.3 is 5.32 Å². The first-order valence-electron chi connectivity index (χ1n) is 12.9. The number of aryl methyl sites for hydroxylation is 1. The van der Waals surface area contributed by atoms with Gasteiger partial charge in [0.15, 0.2) is 0 Å². The van der Waals surface area contributed by atoms with Crippen molar-refractivity contribution in [3.63, 3.8) is 0 Å². The molecule has 39 heavy (non-hydrogen) atoms. The number of benzene rings is 2. The van der Waals surface area contributed by atoms with E-state index in [-0.39, 0.29) is 31.2 Å². The molecule has 1 fully saturated rings. The maximum Gasteiger partial charge on any atom is 0.416 e. The summed E-state index contributed by atoms with van der Waals surface area (Å²) in [4.78, 5) is 14.2. The van der Waals surface area contributed by atoms with Crippen molar-refractivity contribution in [1.82, 2.24) is 14.9 Å². The summed E-state index contributed by atoms with van der Waals surface area (Å²) in [7, 11) is -4.27. The van der Waals surface area contributed by atoms with Crippen LogP contribution >= 0.6 is 0 Å². The van der Waals surface area contributed by atoms with Crippen LogP contribution < -0.4 is 10.0 Å². The van der Waals surface area contributed by atoms with Crippen LogP contribution in [0.1, 0.15) is 67.3 Å². The Morgan fingerprint density at radius 1 is 1.13 bits per heavy atom. The van der Waals surface area contributed by atoms with Crippen molar-refractivity contribution in [1.29, 1.82) is 0 Å². The average Bonchev–Trinajstić information content (AvgIpc) is 2.84. The first kappa shape index (κ1) is 29.4. The number of halogens is 5. The second-order valence-corrected chi connectivity index (χ2v) is 12.1. The van der Waals surface area contributed by atoms with Crippen LogP contribution in [-0.2, 0) is 34.0 Å². The minimum Gasteiger partial charge on any atom is -0.349 e. The number of sulfonamides is 1. The number of fused-ring (bicyclic) bond motifs is 1. The fourth-order valence-corrected chi connectivity index (χ4v) is 6.45. The molecule has 1 saturated heterocycles. The number of likely N-dealkylation sites (tertiary alicyclic amines) is 1. The molecule has 4 rings (SSSR count). The maximum absolute atomic E-state index is 13.4. The summed E-state index contributed by atoms with van der Waals surface area (Å²) in [6.45, 7) is 2.75. The molecule has 0 radical (unpaired) electrons. The maximum atomic E-state index is 13.4. The van der Waals surface area contributed by atoms with Crippen LogP contribution in [0, 0.1) is 0 Å². The lowest BCUT2D eigenvalue weighted by molar-refractivity contribution is -0.137. The predicted molar refractivity (Wildman–Crippen MR) is 136 cm³/mol. The van der Waals surface area contributed by atoms with Crippen LogP contribution in [0.25, 0.3) is 0 Å². The van der Waals surface area contributed by atoms with Crippen molar-refractivity contribution >= 4 is 15.9 Å². The third-order valence-corrected chi connectivity index (χ3v) is 8.76. The van der Waals surface area contributed by atoms with Crippen LogP contribution in [0.15, 0.2) is 47.4 Å². The van der Waals surface area contributed by atoms with Gasteiger partial charge in [-0.1, -0.05) is 24.3 Å². The van der Waals surface area contributed by atoms with E-state index in [1.54, 1.807) is 0 Å². The molecule has 2 aromatic carbocycles. The fraction of sp³-hybridized carbons (Fsp3) is 0.519. The number of carbonyl (C=O) groups is 1. The molecule has 1 aliphatic heterocycles. The summed E-state index contributed by atoms with van der Waals surface area (Å²) >= 11 is 0. The monoisotopic (exact) mass is 573 g/mol. The molecule has 0 unspecified atom stereocenters. The van der Waals surface area contributed by atoms with E-state index < -0.39 is 38.6 Å². The van der Waals surface area contributed by atoms with Crippen molar-refractivity contribution in [2.45, 2.75) is 81.1 Å². The molecule has 0 saturated carbocycles. The molecule has 6 nitrogen and oxygen atoms in total. The molecule has 0 aromatic heterocycles. The van der Waals surface area contributed by atoms with Gasteiger partial charge in [0, 0.05) is 44.9 Å². The third kappa shape index (κ3) is 7.76. The zero-order valence-corrected chi connectivity index (χ0v) is 22.3. The second-order valence-electron chi connectivity index (χ2n) is 10.4. The summed E-state index contributed by atoms with van der Waals surface area (Å²) in [5.41, 5.74) is 2.02. The third-order valence-electron chi connectivity index (χ3n) is 7.17. The van der Waals surface area contributed by atoms with Gasteiger partial charge in [0.1, 0.15) is 0 Å². The Labute approximate surface area is 225 Å². The molecule has 2 N–H and O–H groups in total. The number of hydrogen-bond acceptors (Lipinski definition) is 4. The van der Waals surface area contributed by atoms with E-state index in [1.807, 2.05) is 17.0 Å². The molecular weight excluding hydrogens is 541 g/mol. The summed E-state index contributed by atoms with van der Waals surface area (Å²) in [6, 6.07) is 8.28. The lowest BCUT2D eigenvalue weighted by atomic mass is 9.86. The summed E-state index contributed by atoms with van der Waals surface area (Å²) < 4.78 is 93.3. The largest absolute Gasteiger partial charge is 0.416 e. The van der Waals surface area contributed by atoms with Gasteiger partial charge in [0.25, 0.3) is 5.92 Å². The Morgan fingerprint density at radius 3 is 2.54 bits per heavy atom. The SMILES string of the molecule is C[C@@H](CC(=O)N[C@@H]1CCCc2cc(CN3CCC(F)(F)CC3)ccc21)NS(=O)(=O)c1cccc(C(F)(F)F)c1. The molecule has 1 amide bonds. The van der Waals surface area contributed by atoms with Crippen molar-refractivity contribution in [3.8, 4) is 0 Å². The smallest absolute Gasteiger partial charge is 0.349 e. The number of carbonyl (C=O) groups excluding carboxylic acids is 1. The highest BCUT2D eigenvalue weighted by Gasteiger charge is 2.34. The van der Waals surface area contributed by atoms with Gasteiger partial charge in [-0.2, -0.15) is 13.2 Å². The predicted octanol–water partition coefficient (Wildman–Crippen LogP) is 5.19. The highest BCUT2D eigenvalue weighted by atomic mass is 32.2. The number of alkyl halides is 5. The van der Waals surface area contributed by atoms with Gasteiger partial charge in [0.2, 0.25) is 15.9 Å². The number of nitrogens with one attached hydrogen (secondary N) is 2. The van der Waals surface area contributed by atoms with E-state index in [0.29, 0.717) is 32.1 Å². The summed E-state index contributed by atoms with van der Waals surface area (Å²) in [6.07, 6.45) is -2.76. The molecule has 1 heterocycles. The molecule has 2 atom stereocenters. The molecule has 2 aliphatic rings. The van der Waals surface area contributed by atoms with Crippen LogP contribution in [0.2, 0.25) is 0 Å². The number of nitrogens with zero attached hydrogens (tertiary/aromatic N) is 1. The Morgan fingerprint density at radius 2 is 1.85 bits per heavy atom.